The van der Waals surface area contributed by atoms with Crippen molar-refractivity contribution in [2.24, 2.45) is 0 Å². The van der Waals surface area contributed by atoms with Gasteiger partial charge in [-0.15, -0.1) is 0 Å². The Morgan fingerprint density at radius 1 is 1.30 bits per heavy atom. The summed E-state index contributed by atoms with van der Waals surface area (Å²) < 4.78 is 1.85. The number of nitrogens with zero attached hydrogens (tertiary/aromatic N) is 2. The fourth-order valence-electron chi connectivity index (χ4n) is 2.32. The summed E-state index contributed by atoms with van der Waals surface area (Å²) >= 11 is 12.6. The number of nitrogens with one attached hydrogen (secondary N) is 1. The lowest BCUT2D eigenvalue weighted by Gasteiger charge is -2.13. The quantitative estimate of drug-likeness (QED) is 0.923. The zero-order chi connectivity index (χ0) is 14.3. The molecule has 0 spiro atoms. The number of benzene rings is 1. The molecular formula is C15H17Cl2N3. The van der Waals surface area contributed by atoms with E-state index in [0.717, 1.165) is 29.2 Å². The average Bonchev–Trinajstić information content (AvgIpc) is 3.21. The summed E-state index contributed by atoms with van der Waals surface area (Å²) in [5.74, 6) is 0. The van der Waals surface area contributed by atoms with Crippen LogP contribution in [0.15, 0.2) is 18.2 Å². The third-order valence-corrected chi connectivity index (χ3v) is 4.50. The summed E-state index contributed by atoms with van der Waals surface area (Å²) in [5.41, 5.74) is 3.82. The van der Waals surface area contributed by atoms with Gasteiger partial charge in [0.2, 0.25) is 0 Å². The molecule has 3 rings (SSSR count). The SMILES string of the molecule is Cc1nn(-c2c(Cl)cccc2CNC2CC2)c(C)c1Cl. The molecule has 1 aromatic carbocycles. The molecule has 20 heavy (non-hydrogen) atoms. The van der Waals surface area contributed by atoms with E-state index in [0.29, 0.717) is 16.1 Å². The Hall–Kier alpha value is -1.03. The summed E-state index contributed by atoms with van der Waals surface area (Å²) in [6, 6.07) is 6.61. The Balaban J connectivity index is 2.03. The zero-order valence-corrected chi connectivity index (χ0v) is 13.1. The largest absolute Gasteiger partial charge is 0.310 e. The third-order valence-electron chi connectivity index (χ3n) is 3.64. The summed E-state index contributed by atoms with van der Waals surface area (Å²) in [4.78, 5) is 0. The van der Waals surface area contributed by atoms with Crippen molar-refractivity contribution in [1.82, 2.24) is 15.1 Å². The van der Waals surface area contributed by atoms with E-state index in [9.17, 15) is 0 Å². The molecule has 1 aliphatic rings. The minimum absolute atomic E-state index is 0.658. The predicted molar refractivity (Wildman–Crippen MR) is 82.9 cm³/mol. The predicted octanol–water partition coefficient (Wildman–Crippen LogP) is 4.05. The van der Waals surface area contributed by atoms with Gasteiger partial charge in [0.1, 0.15) is 0 Å². The van der Waals surface area contributed by atoms with E-state index in [2.05, 4.69) is 16.5 Å². The van der Waals surface area contributed by atoms with Crippen LogP contribution in [0.25, 0.3) is 5.69 Å². The maximum absolute atomic E-state index is 6.40. The minimum Gasteiger partial charge on any atom is -0.310 e. The Labute approximate surface area is 128 Å². The topological polar surface area (TPSA) is 29.9 Å². The first-order valence-corrected chi connectivity index (χ1v) is 7.56. The molecule has 0 radical (unpaired) electrons. The molecule has 1 heterocycles. The van der Waals surface area contributed by atoms with E-state index in [1.54, 1.807) is 0 Å². The van der Waals surface area contributed by atoms with Crippen LogP contribution in [0.3, 0.4) is 0 Å². The Kier molecular flexibility index (Phi) is 3.76. The second kappa shape index (κ2) is 5.40. The monoisotopic (exact) mass is 309 g/mol. The van der Waals surface area contributed by atoms with E-state index in [-0.39, 0.29) is 0 Å². The third kappa shape index (κ3) is 2.58. The van der Waals surface area contributed by atoms with Crippen molar-refractivity contribution < 1.29 is 0 Å². The van der Waals surface area contributed by atoms with E-state index < -0.39 is 0 Å². The summed E-state index contributed by atoms with van der Waals surface area (Å²) in [7, 11) is 0. The lowest BCUT2D eigenvalue weighted by molar-refractivity contribution is 0.679. The van der Waals surface area contributed by atoms with E-state index >= 15 is 0 Å². The van der Waals surface area contributed by atoms with Crippen LogP contribution in [0, 0.1) is 13.8 Å². The Morgan fingerprint density at radius 3 is 2.65 bits per heavy atom. The van der Waals surface area contributed by atoms with E-state index in [1.807, 2.05) is 30.7 Å². The van der Waals surface area contributed by atoms with Crippen LogP contribution >= 0.6 is 23.2 Å². The number of aryl methyl sites for hydroxylation is 1. The molecule has 0 unspecified atom stereocenters. The van der Waals surface area contributed by atoms with Crippen LogP contribution in [-0.2, 0) is 6.54 Å². The fraction of sp³-hybridized carbons (Fsp3) is 0.400. The van der Waals surface area contributed by atoms with Gasteiger partial charge in [-0.1, -0.05) is 35.3 Å². The van der Waals surface area contributed by atoms with Gasteiger partial charge in [0.25, 0.3) is 0 Å². The molecule has 0 aliphatic heterocycles. The minimum atomic E-state index is 0.658. The summed E-state index contributed by atoms with van der Waals surface area (Å²) in [6.07, 6.45) is 2.53. The first-order chi connectivity index (χ1) is 9.58. The molecule has 1 fully saturated rings. The molecule has 0 bridgehead atoms. The van der Waals surface area contributed by atoms with Crippen LogP contribution in [0.1, 0.15) is 29.8 Å². The van der Waals surface area contributed by atoms with Crippen LogP contribution in [0.5, 0.6) is 0 Å². The lowest BCUT2D eigenvalue weighted by atomic mass is 10.1. The Morgan fingerprint density at radius 2 is 2.05 bits per heavy atom. The van der Waals surface area contributed by atoms with Crippen LogP contribution in [0.2, 0.25) is 10.0 Å². The molecule has 5 heteroatoms. The number of hydrogen-bond donors (Lipinski definition) is 1. The van der Waals surface area contributed by atoms with Gasteiger partial charge >= 0.3 is 0 Å². The van der Waals surface area contributed by atoms with Gasteiger partial charge < -0.3 is 5.32 Å². The van der Waals surface area contributed by atoms with Crippen molar-refractivity contribution in [1.29, 1.82) is 0 Å². The van der Waals surface area contributed by atoms with Gasteiger partial charge in [0.15, 0.2) is 0 Å². The van der Waals surface area contributed by atoms with Crippen molar-refractivity contribution in [3.05, 3.63) is 45.2 Å². The first-order valence-electron chi connectivity index (χ1n) is 6.81. The maximum atomic E-state index is 6.40. The molecule has 0 atom stereocenters. The average molecular weight is 310 g/mol. The van der Waals surface area contributed by atoms with Crippen molar-refractivity contribution in [3.63, 3.8) is 0 Å². The summed E-state index contributed by atoms with van der Waals surface area (Å²) in [5, 5.41) is 9.43. The molecular weight excluding hydrogens is 293 g/mol. The van der Waals surface area contributed by atoms with Gasteiger partial charge in [-0.25, -0.2) is 4.68 Å². The van der Waals surface area contributed by atoms with Gasteiger partial charge in [-0.3, -0.25) is 0 Å². The summed E-state index contributed by atoms with van der Waals surface area (Å²) in [6.45, 7) is 4.67. The van der Waals surface area contributed by atoms with Gasteiger partial charge in [-0.2, -0.15) is 5.10 Å². The number of rotatable bonds is 4. The molecule has 1 aromatic heterocycles. The molecule has 0 amide bonds. The zero-order valence-electron chi connectivity index (χ0n) is 11.6. The highest BCUT2D eigenvalue weighted by Crippen LogP contribution is 2.30. The van der Waals surface area contributed by atoms with Gasteiger partial charge in [0.05, 0.1) is 27.1 Å². The van der Waals surface area contributed by atoms with Crippen molar-refractivity contribution >= 4 is 23.2 Å². The molecule has 1 saturated carbocycles. The van der Waals surface area contributed by atoms with Gasteiger partial charge in [-0.05, 0) is 38.3 Å². The second-order valence-corrected chi connectivity index (χ2v) is 6.08. The number of halogens is 2. The van der Waals surface area contributed by atoms with Gasteiger partial charge in [0, 0.05) is 12.6 Å². The highest BCUT2D eigenvalue weighted by atomic mass is 35.5. The smallest absolute Gasteiger partial charge is 0.0880 e. The molecule has 1 N–H and O–H groups in total. The molecule has 1 aliphatic carbocycles. The number of para-hydroxylation sites is 1. The highest BCUT2D eigenvalue weighted by Gasteiger charge is 2.22. The fourth-order valence-corrected chi connectivity index (χ4v) is 2.71. The van der Waals surface area contributed by atoms with E-state index in [1.165, 1.54) is 12.8 Å². The second-order valence-electron chi connectivity index (χ2n) is 5.30. The molecule has 3 nitrogen and oxygen atoms in total. The van der Waals surface area contributed by atoms with Crippen molar-refractivity contribution in [2.45, 2.75) is 39.3 Å². The molecule has 106 valence electrons. The lowest BCUT2D eigenvalue weighted by Crippen LogP contribution is -2.17. The number of hydrogen-bond acceptors (Lipinski definition) is 2. The van der Waals surface area contributed by atoms with Crippen molar-refractivity contribution in [3.8, 4) is 5.69 Å². The van der Waals surface area contributed by atoms with Crippen LogP contribution < -0.4 is 5.32 Å². The van der Waals surface area contributed by atoms with Crippen LogP contribution in [0.4, 0.5) is 0 Å². The van der Waals surface area contributed by atoms with Crippen molar-refractivity contribution in [2.75, 3.05) is 0 Å². The molecule has 2 aromatic rings. The van der Waals surface area contributed by atoms with Crippen LogP contribution in [-0.4, -0.2) is 15.8 Å². The highest BCUT2D eigenvalue weighted by molar-refractivity contribution is 6.33. The number of aromatic nitrogens is 2. The Bertz CT molecular complexity index is 645. The van der Waals surface area contributed by atoms with E-state index in [4.69, 9.17) is 23.2 Å². The maximum Gasteiger partial charge on any atom is 0.0880 e. The first kappa shape index (κ1) is 13.9. The molecule has 0 saturated heterocycles. The standard InChI is InChI=1S/C15H17Cl2N3/c1-9-14(17)10(2)20(19-9)15-11(4-3-5-13(15)16)8-18-12-6-7-12/h3-5,12,18H,6-8H2,1-2H3. The normalized spacial score (nSPS) is 14.8.